The van der Waals surface area contributed by atoms with Gasteiger partial charge in [0.2, 0.25) is 0 Å². The molecule has 0 amide bonds. The van der Waals surface area contributed by atoms with E-state index in [-0.39, 0.29) is 5.54 Å². The number of ether oxygens (including phenoxy) is 1. The SMILES string of the molecule is COC(C[C@]1(c2ccccc2)CCCN1)=C(C)C. The Hall–Kier alpha value is -1.28. The lowest BCUT2D eigenvalue weighted by molar-refractivity contribution is 0.232. The van der Waals surface area contributed by atoms with Crippen molar-refractivity contribution >= 4 is 0 Å². The quantitative estimate of drug-likeness (QED) is 0.818. The molecule has 1 atom stereocenters. The first-order valence-electron chi connectivity index (χ1n) is 6.69. The highest BCUT2D eigenvalue weighted by molar-refractivity contribution is 5.28. The molecule has 0 radical (unpaired) electrons. The van der Waals surface area contributed by atoms with Gasteiger partial charge in [-0.25, -0.2) is 0 Å². The zero-order valence-corrected chi connectivity index (χ0v) is 11.6. The number of allylic oxidation sites excluding steroid dienone is 1. The summed E-state index contributed by atoms with van der Waals surface area (Å²) >= 11 is 0. The van der Waals surface area contributed by atoms with Crippen LogP contribution in [0.15, 0.2) is 41.7 Å². The molecule has 0 saturated carbocycles. The fourth-order valence-corrected chi connectivity index (χ4v) is 2.79. The van der Waals surface area contributed by atoms with Gasteiger partial charge in [0.1, 0.15) is 0 Å². The first-order chi connectivity index (χ1) is 8.68. The van der Waals surface area contributed by atoms with Crippen molar-refractivity contribution in [1.82, 2.24) is 5.32 Å². The summed E-state index contributed by atoms with van der Waals surface area (Å²) in [7, 11) is 1.77. The van der Waals surface area contributed by atoms with Crippen molar-refractivity contribution in [3.63, 3.8) is 0 Å². The largest absolute Gasteiger partial charge is 0.501 e. The average molecular weight is 245 g/mol. The van der Waals surface area contributed by atoms with E-state index in [1.54, 1.807) is 7.11 Å². The number of rotatable bonds is 4. The normalized spacial score (nSPS) is 22.8. The number of benzene rings is 1. The lowest BCUT2D eigenvalue weighted by atomic mass is 9.84. The summed E-state index contributed by atoms with van der Waals surface area (Å²) in [6.07, 6.45) is 3.35. The van der Waals surface area contributed by atoms with Gasteiger partial charge in [0.05, 0.1) is 18.4 Å². The molecule has 1 fully saturated rings. The smallest absolute Gasteiger partial charge is 0.0963 e. The van der Waals surface area contributed by atoms with Gasteiger partial charge in [-0.05, 0) is 44.4 Å². The number of hydrogen-bond donors (Lipinski definition) is 1. The maximum Gasteiger partial charge on any atom is 0.0963 e. The van der Waals surface area contributed by atoms with Crippen LogP contribution in [0.2, 0.25) is 0 Å². The van der Waals surface area contributed by atoms with Gasteiger partial charge in [0, 0.05) is 6.42 Å². The molecule has 18 heavy (non-hydrogen) atoms. The Morgan fingerprint density at radius 2 is 2.00 bits per heavy atom. The van der Waals surface area contributed by atoms with Crippen molar-refractivity contribution < 1.29 is 4.74 Å². The minimum absolute atomic E-state index is 0.0594. The molecular formula is C16H23NO. The molecule has 2 nitrogen and oxygen atoms in total. The van der Waals surface area contributed by atoms with Crippen molar-refractivity contribution in [1.29, 1.82) is 0 Å². The van der Waals surface area contributed by atoms with E-state index in [2.05, 4.69) is 49.5 Å². The Bertz CT molecular complexity index is 412. The Balaban J connectivity index is 2.31. The summed E-state index contributed by atoms with van der Waals surface area (Å²) in [4.78, 5) is 0. The molecule has 1 aromatic carbocycles. The van der Waals surface area contributed by atoms with E-state index in [0.717, 1.165) is 18.7 Å². The molecule has 98 valence electrons. The summed E-state index contributed by atoms with van der Waals surface area (Å²) < 4.78 is 5.56. The summed E-state index contributed by atoms with van der Waals surface area (Å²) in [6, 6.07) is 10.7. The average Bonchev–Trinajstić information content (AvgIpc) is 2.86. The van der Waals surface area contributed by atoms with Gasteiger partial charge in [-0.1, -0.05) is 30.3 Å². The third-order valence-electron chi connectivity index (χ3n) is 3.84. The van der Waals surface area contributed by atoms with E-state index < -0.39 is 0 Å². The maximum atomic E-state index is 5.56. The molecule has 1 saturated heterocycles. The van der Waals surface area contributed by atoms with Crippen molar-refractivity contribution in [3.05, 3.63) is 47.2 Å². The first-order valence-corrected chi connectivity index (χ1v) is 6.69. The number of nitrogens with one attached hydrogen (secondary N) is 1. The summed E-state index contributed by atoms with van der Waals surface area (Å²) in [5.41, 5.74) is 2.70. The van der Waals surface area contributed by atoms with Crippen LogP contribution in [0.1, 0.15) is 38.7 Å². The van der Waals surface area contributed by atoms with Crippen molar-refractivity contribution in [2.45, 2.75) is 38.6 Å². The van der Waals surface area contributed by atoms with Crippen LogP contribution < -0.4 is 5.32 Å². The highest BCUT2D eigenvalue weighted by atomic mass is 16.5. The third-order valence-corrected chi connectivity index (χ3v) is 3.84. The van der Waals surface area contributed by atoms with E-state index in [1.165, 1.54) is 24.0 Å². The molecule has 1 aromatic rings. The van der Waals surface area contributed by atoms with Crippen LogP contribution >= 0.6 is 0 Å². The van der Waals surface area contributed by atoms with Gasteiger partial charge in [-0.15, -0.1) is 0 Å². The van der Waals surface area contributed by atoms with Gasteiger partial charge in [0.15, 0.2) is 0 Å². The van der Waals surface area contributed by atoms with Crippen LogP contribution in [0, 0.1) is 0 Å². The molecule has 0 spiro atoms. The van der Waals surface area contributed by atoms with Gasteiger partial charge in [-0.3, -0.25) is 0 Å². The molecule has 1 aliphatic heterocycles. The second-order valence-corrected chi connectivity index (χ2v) is 5.28. The fraction of sp³-hybridized carbons (Fsp3) is 0.500. The molecular weight excluding hydrogens is 222 g/mol. The van der Waals surface area contributed by atoms with Crippen LogP contribution in [0.4, 0.5) is 0 Å². The van der Waals surface area contributed by atoms with Gasteiger partial charge in [0.25, 0.3) is 0 Å². The van der Waals surface area contributed by atoms with Crippen LogP contribution in [-0.4, -0.2) is 13.7 Å². The predicted molar refractivity (Wildman–Crippen MR) is 75.4 cm³/mol. The van der Waals surface area contributed by atoms with Gasteiger partial charge >= 0.3 is 0 Å². The third kappa shape index (κ3) is 2.59. The second-order valence-electron chi connectivity index (χ2n) is 5.28. The molecule has 0 aromatic heterocycles. The van der Waals surface area contributed by atoms with E-state index >= 15 is 0 Å². The zero-order chi connectivity index (χ0) is 13.0. The highest BCUT2D eigenvalue weighted by Gasteiger charge is 2.36. The molecule has 1 aliphatic rings. The standard InChI is InChI=1S/C16H23NO/c1-13(2)15(18-3)12-16(10-7-11-17-16)14-8-5-4-6-9-14/h4-6,8-9,17H,7,10-12H2,1-3H3/t16-/m0/s1. The molecule has 1 N–H and O–H groups in total. The lowest BCUT2D eigenvalue weighted by Crippen LogP contribution is -2.37. The summed E-state index contributed by atoms with van der Waals surface area (Å²) in [5.74, 6) is 1.10. The van der Waals surface area contributed by atoms with E-state index in [1.807, 2.05) is 0 Å². The second kappa shape index (κ2) is 5.57. The topological polar surface area (TPSA) is 21.3 Å². The highest BCUT2D eigenvalue weighted by Crippen LogP contribution is 2.37. The molecule has 0 unspecified atom stereocenters. The van der Waals surface area contributed by atoms with E-state index in [9.17, 15) is 0 Å². The van der Waals surface area contributed by atoms with Crippen molar-refractivity contribution in [2.75, 3.05) is 13.7 Å². The molecule has 2 heteroatoms. The van der Waals surface area contributed by atoms with E-state index in [0.29, 0.717) is 0 Å². The Morgan fingerprint density at radius 3 is 2.50 bits per heavy atom. The van der Waals surface area contributed by atoms with Gasteiger partial charge in [-0.2, -0.15) is 0 Å². The van der Waals surface area contributed by atoms with Gasteiger partial charge < -0.3 is 10.1 Å². The molecule has 0 aliphatic carbocycles. The maximum absolute atomic E-state index is 5.56. The van der Waals surface area contributed by atoms with E-state index in [4.69, 9.17) is 4.74 Å². The Morgan fingerprint density at radius 1 is 1.28 bits per heavy atom. The molecule has 1 heterocycles. The number of hydrogen-bond acceptors (Lipinski definition) is 2. The minimum atomic E-state index is 0.0594. The van der Waals surface area contributed by atoms with Crippen LogP contribution in [0.5, 0.6) is 0 Å². The first kappa shape index (κ1) is 13.2. The Labute approximate surface area is 110 Å². The monoisotopic (exact) mass is 245 g/mol. The van der Waals surface area contributed by atoms with Crippen LogP contribution in [-0.2, 0) is 10.3 Å². The zero-order valence-electron chi connectivity index (χ0n) is 11.6. The Kier molecular flexibility index (Phi) is 4.07. The summed E-state index contributed by atoms with van der Waals surface area (Å²) in [5, 5.41) is 3.69. The number of methoxy groups -OCH3 is 1. The van der Waals surface area contributed by atoms with Crippen LogP contribution in [0.25, 0.3) is 0 Å². The predicted octanol–water partition coefficient (Wildman–Crippen LogP) is 3.60. The van der Waals surface area contributed by atoms with Crippen molar-refractivity contribution in [2.24, 2.45) is 0 Å². The lowest BCUT2D eigenvalue weighted by Gasteiger charge is -2.31. The van der Waals surface area contributed by atoms with Crippen LogP contribution in [0.3, 0.4) is 0 Å². The molecule has 2 rings (SSSR count). The van der Waals surface area contributed by atoms with Crippen molar-refractivity contribution in [3.8, 4) is 0 Å². The fourth-order valence-electron chi connectivity index (χ4n) is 2.79. The molecule has 0 bridgehead atoms. The minimum Gasteiger partial charge on any atom is -0.501 e. The summed E-state index contributed by atoms with van der Waals surface area (Å²) in [6.45, 7) is 5.33.